The molecular weight excluding hydrogens is 284 g/mol. The highest BCUT2D eigenvalue weighted by molar-refractivity contribution is 9.10. The van der Waals surface area contributed by atoms with E-state index < -0.39 is 0 Å². The van der Waals surface area contributed by atoms with Crippen molar-refractivity contribution in [2.75, 3.05) is 0 Å². The van der Waals surface area contributed by atoms with Gasteiger partial charge < -0.3 is 5.32 Å². The summed E-state index contributed by atoms with van der Waals surface area (Å²) in [6, 6.07) is 5.58. The van der Waals surface area contributed by atoms with Crippen molar-refractivity contribution in [2.24, 2.45) is 7.05 Å². The average Bonchev–Trinajstić information content (AvgIpc) is 2.67. The zero-order valence-electron chi connectivity index (χ0n) is 9.22. The van der Waals surface area contributed by atoms with Gasteiger partial charge in [-0.15, -0.1) is 0 Å². The topological polar surface area (TPSA) is 59.8 Å². The molecule has 0 saturated carbocycles. The summed E-state index contributed by atoms with van der Waals surface area (Å²) < 4.78 is 2.20. The number of hydrogen-bond donors (Lipinski definition) is 1. The van der Waals surface area contributed by atoms with Crippen molar-refractivity contribution in [3.05, 3.63) is 46.5 Å². The van der Waals surface area contributed by atoms with Crippen LogP contribution in [-0.2, 0) is 13.6 Å². The number of carbonyl (C=O) groups is 1. The van der Waals surface area contributed by atoms with Crippen molar-refractivity contribution >= 4 is 21.8 Å². The van der Waals surface area contributed by atoms with Crippen LogP contribution in [0.1, 0.15) is 16.2 Å². The molecule has 0 fully saturated rings. The van der Waals surface area contributed by atoms with E-state index in [4.69, 9.17) is 0 Å². The second-order valence-corrected chi connectivity index (χ2v) is 4.32. The molecule has 17 heavy (non-hydrogen) atoms. The van der Waals surface area contributed by atoms with E-state index in [1.807, 2.05) is 18.2 Å². The van der Waals surface area contributed by atoms with Crippen LogP contribution in [0.5, 0.6) is 0 Å². The number of amides is 1. The fourth-order valence-electron chi connectivity index (χ4n) is 1.42. The third-order valence-corrected chi connectivity index (χ3v) is 2.85. The van der Waals surface area contributed by atoms with Gasteiger partial charge in [-0.1, -0.05) is 6.07 Å². The van der Waals surface area contributed by atoms with Gasteiger partial charge in [0, 0.05) is 13.2 Å². The van der Waals surface area contributed by atoms with Crippen molar-refractivity contribution in [1.29, 1.82) is 0 Å². The highest BCUT2D eigenvalue weighted by atomic mass is 79.9. The Morgan fingerprint density at radius 2 is 2.35 bits per heavy atom. The molecule has 2 heterocycles. The summed E-state index contributed by atoms with van der Waals surface area (Å²) in [4.78, 5) is 16.0. The molecule has 0 bridgehead atoms. The number of hydrogen-bond acceptors (Lipinski definition) is 3. The van der Waals surface area contributed by atoms with Gasteiger partial charge in [0.15, 0.2) is 0 Å². The van der Waals surface area contributed by atoms with Crippen molar-refractivity contribution in [3.63, 3.8) is 0 Å². The maximum Gasteiger partial charge on any atom is 0.271 e. The molecule has 0 spiro atoms. The largest absolute Gasteiger partial charge is 0.345 e. The van der Waals surface area contributed by atoms with Gasteiger partial charge >= 0.3 is 0 Å². The molecule has 6 heteroatoms. The molecule has 2 aromatic rings. The Hall–Kier alpha value is -1.69. The summed E-state index contributed by atoms with van der Waals surface area (Å²) in [6.07, 6.45) is 3.29. The first kappa shape index (κ1) is 11.8. The number of carbonyl (C=O) groups excluding carboxylic acids is 1. The molecule has 0 saturated heterocycles. The van der Waals surface area contributed by atoms with Crippen molar-refractivity contribution in [3.8, 4) is 0 Å². The molecule has 0 aliphatic carbocycles. The molecule has 88 valence electrons. The van der Waals surface area contributed by atoms with E-state index in [9.17, 15) is 4.79 Å². The van der Waals surface area contributed by atoms with Gasteiger partial charge in [-0.2, -0.15) is 5.10 Å². The van der Waals surface area contributed by atoms with Gasteiger partial charge in [0.2, 0.25) is 0 Å². The molecule has 2 rings (SSSR count). The molecule has 0 unspecified atom stereocenters. The number of aromatic nitrogens is 3. The Kier molecular flexibility index (Phi) is 3.53. The number of nitrogens with zero attached hydrogens (tertiary/aromatic N) is 3. The zero-order valence-corrected chi connectivity index (χ0v) is 10.8. The van der Waals surface area contributed by atoms with Crippen molar-refractivity contribution in [2.45, 2.75) is 6.54 Å². The van der Waals surface area contributed by atoms with Crippen LogP contribution in [0.3, 0.4) is 0 Å². The fourth-order valence-corrected chi connectivity index (χ4v) is 1.95. The standard InChI is InChI=1S/C11H11BrN4O/c1-16-10(9(12)7-15-16)11(17)14-6-8-4-2-3-5-13-8/h2-5,7H,6H2,1H3,(H,14,17). The molecule has 0 atom stereocenters. The lowest BCUT2D eigenvalue weighted by molar-refractivity contribution is 0.0940. The lowest BCUT2D eigenvalue weighted by Crippen LogP contribution is -2.25. The fraction of sp³-hybridized carbons (Fsp3) is 0.182. The minimum absolute atomic E-state index is 0.178. The molecule has 2 aromatic heterocycles. The van der Waals surface area contributed by atoms with Crippen molar-refractivity contribution < 1.29 is 4.79 Å². The minimum Gasteiger partial charge on any atom is -0.345 e. The van der Waals surface area contributed by atoms with Gasteiger partial charge in [-0.3, -0.25) is 14.5 Å². The van der Waals surface area contributed by atoms with Crippen LogP contribution in [0, 0.1) is 0 Å². The van der Waals surface area contributed by atoms with Crippen LogP contribution in [0.4, 0.5) is 0 Å². The Bertz CT molecular complexity index is 504. The van der Waals surface area contributed by atoms with Gasteiger partial charge in [0.05, 0.1) is 22.9 Å². The maximum atomic E-state index is 11.9. The van der Waals surface area contributed by atoms with E-state index in [1.165, 1.54) is 4.68 Å². The van der Waals surface area contributed by atoms with Crippen LogP contribution in [0.2, 0.25) is 0 Å². The molecule has 0 aromatic carbocycles. The maximum absolute atomic E-state index is 11.9. The summed E-state index contributed by atoms with van der Waals surface area (Å²) in [5.74, 6) is -0.178. The first-order valence-corrected chi connectivity index (χ1v) is 5.83. The summed E-state index contributed by atoms with van der Waals surface area (Å²) in [7, 11) is 1.72. The Morgan fingerprint density at radius 3 is 2.94 bits per heavy atom. The molecule has 0 aliphatic heterocycles. The van der Waals surface area contributed by atoms with Crippen LogP contribution in [-0.4, -0.2) is 20.7 Å². The Labute approximate surface area is 107 Å². The molecule has 5 nitrogen and oxygen atoms in total. The van der Waals surface area contributed by atoms with E-state index in [0.29, 0.717) is 16.7 Å². The predicted octanol–water partition coefficient (Wildman–Crippen LogP) is 1.51. The van der Waals surface area contributed by atoms with E-state index >= 15 is 0 Å². The highest BCUT2D eigenvalue weighted by Crippen LogP contribution is 2.14. The van der Waals surface area contributed by atoms with Gasteiger partial charge in [0.1, 0.15) is 5.69 Å². The number of rotatable bonds is 3. The van der Waals surface area contributed by atoms with Crippen molar-refractivity contribution in [1.82, 2.24) is 20.1 Å². The number of aryl methyl sites for hydroxylation is 1. The lowest BCUT2D eigenvalue weighted by atomic mass is 10.3. The third kappa shape index (κ3) is 2.71. The molecule has 0 radical (unpaired) electrons. The van der Waals surface area contributed by atoms with E-state index in [0.717, 1.165) is 5.69 Å². The van der Waals surface area contributed by atoms with Gasteiger partial charge in [0.25, 0.3) is 5.91 Å². The summed E-state index contributed by atoms with van der Waals surface area (Å²) in [6.45, 7) is 0.400. The zero-order chi connectivity index (χ0) is 12.3. The van der Waals surface area contributed by atoms with E-state index in [1.54, 1.807) is 19.4 Å². The van der Waals surface area contributed by atoms with Crippen LogP contribution >= 0.6 is 15.9 Å². The molecular formula is C11H11BrN4O. The predicted molar refractivity (Wildman–Crippen MR) is 66.3 cm³/mol. The van der Waals surface area contributed by atoms with E-state index in [2.05, 4.69) is 31.3 Å². The third-order valence-electron chi connectivity index (χ3n) is 2.27. The highest BCUT2D eigenvalue weighted by Gasteiger charge is 2.14. The minimum atomic E-state index is -0.178. The first-order chi connectivity index (χ1) is 8.18. The second-order valence-electron chi connectivity index (χ2n) is 3.47. The van der Waals surface area contributed by atoms with E-state index in [-0.39, 0.29) is 5.91 Å². The summed E-state index contributed by atoms with van der Waals surface area (Å²) in [5.41, 5.74) is 1.32. The van der Waals surface area contributed by atoms with Gasteiger partial charge in [-0.05, 0) is 28.1 Å². The number of nitrogens with one attached hydrogen (secondary N) is 1. The van der Waals surface area contributed by atoms with Crippen LogP contribution in [0.25, 0.3) is 0 Å². The average molecular weight is 295 g/mol. The number of halogens is 1. The lowest BCUT2D eigenvalue weighted by Gasteiger charge is -2.05. The normalized spacial score (nSPS) is 10.2. The van der Waals surface area contributed by atoms with Crippen LogP contribution in [0.15, 0.2) is 35.1 Å². The molecule has 1 N–H and O–H groups in total. The summed E-state index contributed by atoms with van der Waals surface area (Å²) in [5, 5.41) is 6.78. The van der Waals surface area contributed by atoms with Gasteiger partial charge in [-0.25, -0.2) is 0 Å². The Balaban J connectivity index is 2.04. The second kappa shape index (κ2) is 5.09. The number of pyridine rings is 1. The quantitative estimate of drug-likeness (QED) is 0.933. The monoisotopic (exact) mass is 294 g/mol. The first-order valence-electron chi connectivity index (χ1n) is 5.04. The Morgan fingerprint density at radius 1 is 1.53 bits per heavy atom. The van der Waals surface area contributed by atoms with Crippen LogP contribution < -0.4 is 5.32 Å². The summed E-state index contributed by atoms with van der Waals surface area (Å²) >= 11 is 3.28. The smallest absolute Gasteiger partial charge is 0.271 e. The molecule has 1 amide bonds. The SMILES string of the molecule is Cn1ncc(Br)c1C(=O)NCc1ccccn1. The molecule has 0 aliphatic rings.